The van der Waals surface area contributed by atoms with Crippen LogP contribution in [0, 0.1) is 0 Å². The molecule has 0 amide bonds. The predicted molar refractivity (Wildman–Crippen MR) is 29.4 cm³/mol. The molecule has 1 aromatic heterocycles. The van der Waals surface area contributed by atoms with Gasteiger partial charge in [0.1, 0.15) is 0 Å². The third-order valence-corrected chi connectivity index (χ3v) is 1.19. The van der Waals surface area contributed by atoms with Crippen molar-refractivity contribution in [1.29, 1.82) is 0 Å². The van der Waals surface area contributed by atoms with E-state index in [9.17, 15) is 4.21 Å². The van der Waals surface area contributed by atoms with Crippen LogP contribution >= 0.6 is 0 Å². The molecule has 2 N–H and O–H groups in total. The largest absolute Gasteiger partial charge is 0.275 e. The Morgan fingerprint density at radius 3 is 2.67 bits per heavy atom. The Morgan fingerprint density at radius 1 is 1.78 bits per heavy atom. The lowest BCUT2D eigenvalue weighted by molar-refractivity contribution is 0.624. The van der Waals surface area contributed by atoms with Gasteiger partial charge in [0.05, 0.1) is 7.05 Å². The highest BCUT2D eigenvalue weighted by Crippen LogP contribution is 1.85. The quantitative estimate of drug-likeness (QED) is 0.507. The van der Waals surface area contributed by atoms with Gasteiger partial charge in [0.2, 0.25) is 0 Å². The van der Waals surface area contributed by atoms with Crippen molar-refractivity contribution in [3.63, 3.8) is 0 Å². The van der Waals surface area contributed by atoms with Crippen molar-refractivity contribution < 1.29 is 4.21 Å². The third kappa shape index (κ3) is 1.30. The molecule has 7 heteroatoms. The second kappa shape index (κ2) is 2.19. The molecule has 1 atom stereocenters. The van der Waals surface area contributed by atoms with Crippen molar-refractivity contribution in [2.75, 3.05) is 0 Å². The standard InChI is InChI=1S/C2H5N5OS/c1-7-5-2(4-6-7)9(3)8/h3H2,1H3. The first kappa shape index (κ1) is 6.30. The van der Waals surface area contributed by atoms with E-state index in [1.807, 2.05) is 0 Å². The van der Waals surface area contributed by atoms with E-state index >= 15 is 0 Å². The molecule has 0 aliphatic carbocycles. The van der Waals surface area contributed by atoms with Crippen LogP contribution in [-0.4, -0.2) is 24.4 Å². The maximum Gasteiger partial charge on any atom is 0.275 e. The van der Waals surface area contributed by atoms with Gasteiger partial charge in [-0.15, -0.1) is 5.10 Å². The van der Waals surface area contributed by atoms with Gasteiger partial charge in [-0.05, 0) is 5.21 Å². The van der Waals surface area contributed by atoms with Gasteiger partial charge < -0.3 is 0 Å². The number of hydrogen-bond acceptors (Lipinski definition) is 4. The summed E-state index contributed by atoms with van der Waals surface area (Å²) in [6, 6.07) is 0. The lowest BCUT2D eigenvalue weighted by Gasteiger charge is -1.79. The van der Waals surface area contributed by atoms with Crippen molar-refractivity contribution >= 4 is 11.0 Å². The minimum absolute atomic E-state index is 0.0532. The van der Waals surface area contributed by atoms with E-state index < -0.39 is 11.0 Å². The number of aryl methyl sites for hydroxylation is 1. The summed E-state index contributed by atoms with van der Waals surface area (Å²) in [6.07, 6.45) is 0. The summed E-state index contributed by atoms with van der Waals surface area (Å²) in [7, 11) is -0.0409. The summed E-state index contributed by atoms with van der Waals surface area (Å²) >= 11 is 0. The van der Waals surface area contributed by atoms with Gasteiger partial charge in [0.15, 0.2) is 11.0 Å². The highest BCUT2D eigenvalue weighted by Gasteiger charge is 2.02. The summed E-state index contributed by atoms with van der Waals surface area (Å²) in [5.41, 5.74) is 0. The van der Waals surface area contributed by atoms with Crippen LogP contribution in [0.15, 0.2) is 5.16 Å². The Balaban J connectivity index is 2.98. The molecule has 1 aromatic rings. The molecule has 0 aromatic carbocycles. The van der Waals surface area contributed by atoms with Gasteiger partial charge in [-0.25, -0.2) is 9.35 Å². The second-order valence-corrected chi connectivity index (χ2v) is 2.32. The lowest BCUT2D eigenvalue weighted by Crippen LogP contribution is -2.05. The monoisotopic (exact) mass is 147 g/mol. The topological polar surface area (TPSA) is 86.7 Å². The van der Waals surface area contributed by atoms with Gasteiger partial charge >= 0.3 is 0 Å². The highest BCUT2D eigenvalue weighted by atomic mass is 32.2. The van der Waals surface area contributed by atoms with Crippen LogP contribution in [0.1, 0.15) is 0 Å². The van der Waals surface area contributed by atoms with E-state index in [1.165, 1.54) is 4.80 Å². The molecule has 1 rings (SSSR count). The molecular formula is C2H5N5OS. The van der Waals surface area contributed by atoms with Crippen LogP contribution in [0.2, 0.25) is 0 Å². The van der Waals surface area contributed by atoms with E-state index in [4.69, 9.17) is 5.14 Å². The Hall–Kier alpha value is -0.820. The Bertz CT molecular complexity index is 231. The summed E-state index contributed by atoms with van der Waals surface area (Å²) in [5.74, 6) is 0. The van der Waals surface area contributed by atoms with Gasteiger partial charge in [-0.2, -0.15) is 4.80 Å². The van der Waals surface area contributed by atoms with E-state index in [0.29, 0.717) is 0 Å². The summed E-state index contributed by atoms with van der Waals surface area (Å²) in [6.45, 7) is 0. The van der Waals surface area contributed by atoms with E-state index in [2.05, 4.69) is 15.4 Å². The smallest absolute Gasteiger partial charge is 0.245 e. The molecule has 9 heavy (non-hydrogen) atoms. The summed E-state index contributed by atoms with van der Waals surface area (Å²) < 4.78 is 10.4. The first-order valence-electron chi connectivity index (χ1n) is 2.10. The molecule has 6 nitrogen and oxygen atoms in total. The van der Waals surface area contributed by atoms with Crippen LogP contribution in [0.3, 0.4) is 0 Å². The second-order valence-electron chi connectivity index (χ2n) is 1.36. The molecule has 0 radical (unpaired) electrons. The zero-order chi connectivity index (χ0) is 6.85. The summed E-state index contributed by atoms with van der Waals surface area (Å²) in [5, 5.41) is 15.4. The van der Waals surface area contributed by atoms with E-state index in [1.54, 1.807) is 7.05 Å². The molecular weight excluding hydrogens is 142 g/mol. The number of rotatable bonds is 1. The normalized spacial score (nSPS) is 13.6. The van der Waals surface area contributed by atoms with Gasteiger partial charge in [0.25, 0.3) is 5.16 Å². The maximum atomic E-state index is 10.4. The zero-order valence-electron chi connectivity index (χ0n) is 4.68. The van der Waals surface area contributed by atoms with Crippen molar-refractivity contribution in [3.8, 4) is 0 Å². The molecule has 0 aliphatic heterocycles. The molecule has 1 unspecified atom stereocenters. The number of tetrazole rings is 1. The van der Waals surface area contributed by atoms with Crippen molar-refractivity contribution in [2.24, 2.45) is 12.2 Å². The Kier molecular flexibility index (Phi) is 1.54. The molecule has 50 valence electrons. The third-order valence-electron chi connectivity index (χ3n) is 0.670. The lowest BCUT2D eigenvalue weighted by atomic mass is 11.4. The van der Waals surface area contributed by atoms with E-state index in [-0.39, 0.29) is 5.16 Å². The van der Waals surface area contributed by atoms with Gasteiger partial charge in [-0.1, -0.05) is 5.10 Å². The number of hydrogen-bond donors (Lipinski definition) is 1. The fourth-order valence-electron chi connectivity index (χ4n) is 0.347. The minimum atomic E-state index is -1.61. The van der Waals surface area contributed by atoms with Crippen molar-refractivity contribution in [1.82, 2.24) is 20.2 Å². The molecule has 0 spiro atoms. The molecule has 1 heterocycles. The predicted octanol–water partition coefficient (Wildman–Crippen LogP) is -1.81. The maximum absolute atomic E-state index is 10.4. The van der Waals surface area contributed by atoms with Crippen molar-refractivity contribution in [3.05, 3.63) is 0 Å². The molecule has 0 saturated carbocycles. The average molecular weight is 147 g/mol. The van der Waals surface area contributed by atoms with Crippen LogP contribution in [0.5, 0.6) is 0 Å². The van der Waals surface area contributed by atoms with Crippen LogP contribution in [0.25, 0.3) is 0 Å². The van der Waals surface area contributed by atoms with Gasteiger partial charge in [0, 0.05) is 0 Å². The molecule has 0 fully saturated rings. The first-order chi connectivity index (χ1) is 4.20. The average Bonchev–Trinajstić information content (AvgIpc) is 2.14. The molecule has 0 aliphatic rings. The Labute approximate surface area is 53.6 Å². The SMILES string of the molecule is Cn1nnc(S(N)=O)n1. The minimum Gasteiger partial charge on any atom is -0.245 e. The highest BCUT2D eigenvalue weighted by molar-refractivity contribution is 7.82. The number of aromatic nitrogens is 4. The first-order valence-corrected chi connectivity index (χ1v) is 3.31. The summed E-state index contributed by atoms with van der Waals surface area (Å²) in [4.78, 5) is 1.19. The van der Waals surface area contributed by atoms with Crippen LogP contribution in [-0.2, 0) is 18.0 Å². The molecule has 0 saturated heterocycles. The van der Waals surface area contributed by atoms with Crippen LogP contribution in [0.4, 0.5) is 0 Å². The van der Waals surface area contributed by atoms with Gasteiger partial charge in [-0.3, -0.25) is 0 Å². The van der Waals surface area contributed by atoms with Crippen LogP contribution < -0.4 is 5.14 Å². The van der Waals surface area contributed by atoms with E-state index in [0.717, 1.165) is 0 Å². The fourth-order valence-corrected chi connectivity index (χ4v) is 0.663. The number of nitrogens with zero attached hydrogens (tertiary/aromatic N) is 4. The van der Waals surface area contributed by atoms with Crippen molar-refractivity contribution in [2.45, 2.75) is 5.16 Å². The molecule has 0 bridgehead atoms. The fraction of sp³-hybridized carbons (Fsp3) is 0.500. The number of nitrogens with two attached hydrogens (primary N) is 1. The Morgan fingerprint density at radius 2 is 2.44 bits per heavy atom. The zero-order valence-corrected chi connectivity index (χ0v) is 5.50.